The van der Waals surface area contributed by atoms with Crippen LogP contribution >= 0.6 is 0 Å². The van der Waals surface area contributed by atoms with E-state index < -0.39 is 5.97 Å². The minimum absolute atomic E-state index is 0.0759. The molecule has 1 N–H and O–H groups in total. The maximum atomic E-state index is 12.0. The van der Waals surface area contributed by atoms with Crippen molar-refractivity contribution in [3.8, 4) is 0 Å². The molecule has 1 aromatic rings. The number of amides is 2. The molecule has 0 atom stereocenters. The van der Waals surface area contributed by atoms with Gasteiger partial charge < -0.3 is 10.0 Å². The number of carbonyl (C=O) groups is 2. The summed E-state index contributed by atoms with van der Waals surface area (Å²) in [5.41, 5.74) is 1.80. The Morgan fingerprint density at radius 1 is 1.17 bits per heavy atom. The normalized spacial score (nSPS) is 9.94. The molecule has 0 unspecified atom stereocenters. The Morgan fingerprint density at radius 3 is 2.17 bits per heavy atom. The van der Waals surface area contributed by atoms with Gasteiger partial charge in [0.2, 0.25) is 0 Å². The third-order valence-electron chi connectivity index (χ3n) is 2.51. The van der Waals surface area contributed by atoms with Crippen LogP contribution in [0.15, 0.2) is 24.3 Å². The molecular formula is C13H18N2O3. The lowest BCUT2D eigenvalue weighted by Crippen LogP contribution is -2.40. The fourth-order valence-electron chi connectivity index (χ4n) is 1.51. The quantitative estimate of drug-likeness (QED) is 0.888. The van der Waals surface area contributed by atoms with Crippen LogP contribution in [0.5, 0.6) is 0 Å². The lowest BCUT2D eigenvalue weighted by molar-refractivity contribution is -0.136. The number of carboxylic acids is 1. The molecule has 2 amide bonds. The first-order valence-corrected chi connectivity index (χ1v) is 5.69. The Kier molecular flexibility index (Phi) is 4.71. The first-order chi connectivity index (χ1) is 8.41. The number of urea groups is 1. The predicted octanol–water partition coefficient (Wildman–Crippen LogP) is 1.96. The Balaban J connectivity index is 2.92. The molecular weight excluding hydrogens is 232 g/mol. The lowest BCUT2D eigenvalue weighted by Gasteiger charge is -2.25. The van der Waals surface area contributed by atoms with E-state index in [1.165, 1.54) is 9.80 Å². The van der Waals surface area contributed by atoms with E-state index in [0.29, 0.717) is 5.69 Å². The zero-order valence-corrected chi connectivity index (χ0v) is 10.9. The van der Waals surface area contributed by atoms with Gasteiger partial charge in [-0.2, -0.15) is 0 Å². The molecule has 0 aliphatic rings. The van der Waals surface area contributed by atoms with Crippen molar-refractivity contribution >= 4 is 17.7 Å². The van der Waals surface area contributed by atoms with Crippen molar-refractivity contribution in [2.45, 2.75) is 13.3 Å². The predicted molar refractivity (Wildman–Crippen MR) is 69.9 cm³/mol. The summed E-state index contributed by atoms with van der Waals surface area (Å²) in [5, 5.41) is 8.72. The number of nitrogens with zero attached hydrogens (tertiary/aromatic N) is 2. The summed E-state index contributed by atoms with van der Waals surface area (Å²) in [6.45, 7) is 2.12. The second-order valence-electron chi connectivity index (χ2n) is 4.31. The average molecular weight is 250 g/mol. The summed E-state index contributed by atoms with van der Waals surface area (Å²) in [6.07, 6.45) is -0.0759. The van der Waals surface area contributed by atoms with Crippen LogP contribution in [-0.2, 0) is 4.79 Å². The molecule has 0 spiro atoms. The molecule has 0 aromatic heterocycles. The van der Waals surface area contributed by atoms with Gasteiger partial charge in [-0.05, 0) is 19.1 Å². The average Bonchev–Trinajstić information content (AvgIpc) is 2.30. The Morgan fingerprint density at radius 2 is 1.72 bits per heavy atom. The van der Waals surface area contributed by atoms with Gasteiger partial charge in [0, 0.05) is 26.3 Å². The highest BCUT2D eigenvalue weighted by molar-refractivity contribution is 5.92. The number of benzene rings is 1. The molecule has 1 rings (SSSR count). The molecule has 98 valence electrons. The number of carbonyl (C=O) groups excluding carboxylic acids is 1. The van der Waals surface area contributed by atoms with E-state index >= 15 is 0 Å². The third kappa shape index (κ3) is 3.76. The molecule has 18 heavy (non-hydrogen) atoms. The lowest BCUT2D eigenvalue weighted by atomic mass is 10.2. The maximum absolute atomic E-state index is 12.0. The van der Waals surface area contributed by atoms with Crippen LogP contribution in [-0.4, -0.2) is 42.6 Å². The minimum Gasteiger partial charge on any atom is -0.481 e. The number of rotatable bonds is 4. The van der Waals surface area contributed by atoms with E-state index in [4.69, 9.17) is 5.11 Å². The summed E-state index contributed by atoms with van der Waals surface area (Å²) in [5.74, 6) is -0.918. The Hall–Kier alpha value is -2.04. The van der Waals surface area contributed by atoms with Crippen molar-refractivity contribution in [1.82, 2.24) is 4.90 Å². The topological polar surface area (TPSA) is 60.9 Å². The van der Waals surface area contributed by atoms with Gasteiger partial charge in [0.05, 0.1) is 6.42 Å². The van der Waals surface area contributed by atoms with Crippen LogP contribution in [0.4, 0.5) is 10.5 Å². The van der Waals surface area contributed by atoms with E-state index in [2.05, 4.69) is 0 Å². The van der Waals surface area contributed by atoms with E-state index in [1.54, 1.807) is 14.1 Å². The molecule has 0 saturated carbocycles. The summed E-state index contributed by atoms with van der Waals surface area (Å²) >= 11 is 0. The first-order valence-electron chi connectivity index (χ1n) is 5.69. The van der Waals surface area contributed by atoms with Crippen molar-refractivity contribution in [3.05, 3.63) is 29.8 Å². The number of anilines is 1. The van der Waals surface area contributed by atoms with Gasteiger partial charge in [0.25, 0.3) is 0 Å². The molecule has 5 heteroatoms. The molecule has 0 aliphatic carbocycles. The highest BCUT2D eigenvalue weighted by atomic mass is 16.4. The molecule has 0 fully saturated rings. The van der Waals surface area contributed by atoms with Crippen LogP contribution < -0.4 is 4.90 Å². The second kappa shape index (κ2) is 6.05. The third-order valence-corrected chi connectivity index (χ3v) is 2.51. The molecule has 0 heterocycles. The van der Waals surface area contributed by atoms with Crippen molar-refractivity contribution in [3.63, 3.8) is 0 Å². The zero-order valence-electron chi connectivity index (χ0n) is 10.9. The van der Waals surface area contributed by atoms with Crippen LogP contribution in [0.2, 0.25) is 0 Å². The maximum Gasteiger partial charge on any atom is 0.323 e. The van der Waals surface area contributed by atoms with E-state index in [-0.39, 0.29) is 19.0 Å². The van der Waals surface area contributed by atoms with E-state index in [9.17, 15) is 9.59 Å². The Labute approximate surface area is 107 Å². The SMILES string of the molecule is Cc1ccc(N(CCC(=O)O)C(=O)N(C)C)cc1. The molecule has 0 radical (unpaired) electrons. The number of hydrogen-bond acceptors (Lipinski definition) is 2. The minimum atomic E-state index is -0.918. The number of aliphatic carboxylic acids is 1. The van der Waals surface area contributed by atoms with E-state index in [1.807, 2.05) is 31.2 Å². The van der Waals surface area contributed by atoms with Gasteiger partial charge >= 0.3 is 12.0 Å². The van der Waals surface area contributed by atoms with Gasteiger partial charge in [-0.3, -0.25) is 9.69 Å². The standard InChI is InChI=1S/C13H18N2O3/c1-10-4-6-11(7-5-10)15(9-8-12(16)17)13(18)14(2)3/h4-7H,8-9H2,1-3H3,(H,16,17). The van der Waals surface area contributed by atoms with E-state index in [0.717, 1.165) is 5.56 Å². The number of aryl methyl sites for hydroxylation is 1. The van der Waals surface area contributed by atoms with Crippen molar-refractivity contribution in [2.75, 3.05) is 25.5 Å². The summed E-state index contributed by atoms with van der Waals surface area (Å²) in [6, 6.07) is 7.20. The monoisotopic (exact) mass is 250 g/mol. The number of carboxylic acid groups (broad SMARTS) is 1. The highest BCUT2D eigenvalue weighted by Crippen LogP contribution is 2.16. The van der Waals surface area contributed by atoms with Crippen LogP contribution in [0.3, 0.4) is 0 Å². The molecule has 0 bridgehead atoms. The Bertz CT molecular complexity index is 426. The van der Waals surface area contributed by atoms with Gasteiger partial charge in [-0.1, -0.05) is 17.7 Å². The van der Waals surface area contributed by atoms with Gasteiger partial charge in [0.1, 0.15) is 0 Å². The van der Waals surface area contributed by atoms with Gasteiger partial charge in [-0.15, -0.1) is 0 Å². The zero-order chi connectivity index (χ0) is 13.7. The summed E-state index contributed by atoms with van der Waals surface area (Å²) in [7, 11) is 3.29. The molecule has 1 aromatic carbocycles. The molecule has 5 nitrogen and oxygen atoms in total. The largest absolute Gasteiger partial charge is 0.481 e. The van der Waals surface area contributed by atoms with Crippen LogP contribution in [0.25, 0.3) is 0 Å². The second-order valence-corrected chi connectivity index (χ2v) is 4.31. The van der Waals surface area contributed by atoms with Crippen molar-refractivity contribution < 1.29 is 14.7 Å². The highest BCUT2D eigenvalue weighted by Gasteiger charge is 2.18. The summed E-state index contributed by atoms with van der Waals surface area (Å²) < 4.78 is 0. The van der Waals surface area contributed by atoms with Crippen LogP contribution in [0.1, 0.15) is 12.0 Å². The first kappa shape index (κ1) is 14.0. The van der Waals surface area contributed by atoms with Crippen molar-refractivity contribution in [1.29, 1.82) is 0 Å². The fraction of sp³-hybridized carbons (Fsp3) is 0.385. The molecule has 0 aliphatic heterocycles. The van der Waals surface area contributed by atoms with Gasteiger partial charge in [0.15, 0.2) is 0 Å². The summed E-state index contributed by atoms with van der Waals surface area (Å²) in [4.78, 5) is 25.5. The smallest absolute Gasteiger partial charge is 0.323 e. The molecule has 0 saturated heterocycles. The van der Waals surface area contributed by atoms with Gasteiger partial charge in [-0.25, -0.2) is 4.79 Å². The van der Waals surface area contributed by atoms with Crippen LogP contribution in [0, 0.1) is 6.92 Å². The number of hydrogen-bond donors (Lipinski definition) is 1. The fourth-order valence-corrected chi connectivity index (χ4v) is 1.51. The van der Waals surface area contributed by atoms with Crippen molar-refractivity contribution in [2.24, 2.45) is 0 Å².